The van der Waals surface area contributed by atoms with E-state index in [4.69, 9.17) is 0 Å². The predicted octanol–water partition coefficient (Wildman–Crippen LogP) is -1.19. The van der Waals surface area contributed by atoms with E-state index in [1.54, 1.807) is 0 Å². The van der Waals surface area contributed by atoms with Crippen LogP contribution in [0.3, 0.4) is 0 Å². The Morgan fingerprint density at radius 3 is 1.64 bits per heavy atom. The van der Waals surface area contributed by atoms with Gasteiger partial charge < -0.3 is 5.11 Å². The Morgan fingerprint density at radius 1 is 1.18 bits per heavy atom. The molecule has 0 aromatic carbocycles. The van der Waals surface area contributed by atoms with Crippen LogP contribution in [-0.4, -0.2) is 6.61 Å². The maximum Gasteiger partial charge on any atom is 1.00 e. The van der Waals surface area contributed by atoms with Crippen LogP contribution in [0.4, 0.5) is 0 Å². The van der Waals surface area contributed by atoms with E-state index >= 15 is 0 Å². The standard InChI is InChI=1S/C9H19O.K/c1-5-8(6-2)9(3,4)7-10;/h8H,5-7H2,1-4H3;/q-1;+1. The van der Waals surface area contributed by atoms with Crippen LogP contribution in [0.5, 0.6) is 0 Å². The second kappa shape index (κ2) is 7.04. The molecule has 1 nitrogen and oxygen atoms in total. The zero-order valence-corrected chi connectivity index (χ0v) is 11.7. The largest absolute Gasteiger partial charge is 1.00 e. The summed E-state index contributed by atoms with van der Waals surface area (Å²) in [6.07, 6.45) is 2.26. The van der Waals surface area contributed by atoms with Crippen LogP contribution >= 0.6 is 0 Å². The van der Waals surface area contributed by atoms with Crippen molar-refractivity contribution in [3.05, 3.63) is 0 Å². The molecule has 0 amide bonds. The Kier molecular flexibility index (Phi) is 9.66. The topological polar surface area (TPSA) is 23.1 Å². The van der Waals surface area contributed by atoms with E-state index in [1.165, 1.54) is 0 Å². The van der Waals surface area contributed by atoms with Gasteiger partial charge in [0, 0.05) is 0 Å². The smallest absolute Gasteiger partial charge is 0.854 e. The van der Waals surface area contributed by atoms with E-state index < -0.39 is 0 Å². The van der Waals surface area contributed by atoms with E-state index in [2.05, 4.69) is 27.7 Å². The molecule has 0 aliphatic rings. The number of rotatable bonds is 4. The van der Waals surface area contributed by atoms with Gasteiger partial charge in [-0.2, -0.15) is 0 Å². The fourth-order valence-electron chi connectivity index (χ4n) is 1.51. The first-order chi connectivity index (χ1) is 4.58. The minimum atomic E-state index is 0. The quantitative estimate of drug-likeness (QED) is 0.502. The molecule has 0 saturated carbocycles. The third kappa shape index (κ3) is 5.01. The van der Waals surface area contributed by atoms with Crippen LogP contribution in [0, 0.1) is 11.3 Å². The molecule has 0 aromatic heterocycles. The summed E-state index contributed by atoms with van der Waals surface area (Å²) in [6, 6.07) is 0. The van der Waals surface area contributed by atoms with E-state index in [0.717, 1.165) is 12.8 Å². The Bertz CT molecular complexity index is 87.6. The Morgan fingerprint density at radius 2 is 1.55 bits per heavy atom. The summed E-state index contributed by atoms with van der Waals surface area (Å²) in [6.45, 7) is 8.51. The second-order valence-electron chi connectivity index (χ2n) is 3.65. The van der Waals surface area contributed by atoms with Gasteiger partial charge in [0.05, 0.1) is 0 Å². The molecule has 62 valence electrons. The summed E-state index contributed by atoms with van der Waals surface area (Å²) < 4.78 is 0. The van der Waals surface area contributed by atoms with Gasteiger partial charge in [-0.3, -0.25) is 0 Å². The summed E-state index contributed by atoms with van der Waals surface area (Å²) in [7, 11) is 0. The van der Waals surface area contributed by atoms with Crippen LogP contribution in [0.25, 0.3) is 0 Å². The molecule has 11 heavy (non-hydrogen) atoms. The van der Waals surface area contributed by atoms with Gasteiger partial charge in [-0.25, -0.2) is 0 Å². The Balaban J connectivity index is 0. The summed E-state index contributed by atoms with van der Waals surface area (Å²) in [4.78, 5) is 0. The minimum Gasteiger partial charge on any atom is -0.854 e. The number of hydrogen-bond acceptors (Lipinski definition) is 1. The van der Waals surface area contributed by atoms with Crippen LogP contribution in [0.2, 0.25) is 0 Å². The first-order valence-electron chi connectivity index (χ1n) is 4.16. The summed E-state index contributed by atoms with van der Waals surface area (Å²) in [5.41, 5.74) is 0.00347. The van der Waals surface area contributed by atoms with Gasteiger partial charge in [-0.1, -0.05) is 40.5 Å². The first kappa shape index (κ1) is 15.1. The van der Waals surface area contributed by atoms with Crippen molar-refractivity contribution in [2.75, 3.05) is 6.61 Å². The molecule has 0 aliphatic carbocycles. The Labute approximate surface area is 113 Å². The van der Waals surface area contributed by atoms with Crippen molar-refractivity contribution in [3.8, 4) is 0 Å². The van der Waals surface area contributed by atoms with Gasteiger partial charge in [-0.15, -0.1) is 6.61 Å². The van der Waals surface area contributed by atoms with Crippen molar-refractivity contribution in [2.45, 2.75) is 40.5 Å². The molecule has 0 fully saturated rings. The molecule has 0 radical (unpaired) electrons. The molecule has 0 atom stereocenters. The summed E-state index contributed by atoms with van der Waals surface area (Å²) in [5.74, 6) is 0.602. The van der Waals surface area contributed by atoms with Crippen molar-refractivity contribution >= 4 is 0 Å². The van der Waals surface area contributed by atoms with Gasteiger partial charge in [0.2, 0.25) is 0 Å². The van der Waals surface area contributed by atoms with Gasteiger partial charge in [0.25, 0.3) is 0 Å². The first-order valence-corrected chi connectivity index (χ1v) is 4.16. The molecule has 0 saturated heterocycles. The normalized spacial score (nSPS) is 11.5. The molecule has 0 bridgehead atoms. The SMILES string of the molecule is CCC(CC)C(C)(C)C[O-].[K+]. The van der Waals surface area contributed by atoms with Crippen LogP contribution < -0.4 is 56.5 Å². The number of hydrogen-bond donors (Lipinski definition) is 0. The van der Waals surface area contributed by atoms with Crippen LogP contribution in [0.1, 0.15) is 40.5 Å². The molecule has 0 aromatic rings. The van der Waals surface area contributed by atoms with Crippen molar-refractivity contribution in [1.29, 1.82) is 0 Å². The van der Waals surface area contributed by atoms with Crippen molar-refractivity contribution in [2.24, 2.45) is 11.3 Å². The van der Waals surface area contributed by atoms with Crippen molar-refractivity contribution < 1.29 is 56.5 Å². The maximum atomic E-state index is 10.7. The monoisotopic (exact) mass is 182 g/mol. The summed E-state index contributed by atoms with van der Waals surface area (Å²) >= 11 is 0. The molecule has 0 rings (SSSR count). The van der Waals surface area contributed by atoms with Crippen molar-refractivity contribution in [1.82, 2.24) is 0 Å². The average Bonchev–Trinajstić information content (AvgIpc) is 1.90. The third-order valence-corrected chi connectivity index (χ3v) is 2.46. The van der Waals surface area contributed by atoms with E-state index in [9.17, 15) is 5.11 Å². The molecular weight excluding hydrogens is 163 g/mol. The zero-order valence-electron chi connectivity index (χ0n) is 8.61. The third-order valence-electron chi connectivity index (χ3n) is 2.46. The van der Waals surface area contributed by atoms with Gasteiger partial charge in [0.1, 0.15) is 0 Å². The molecule has 2 heteroatoms. The zero-order chi connectivity index (χ0) is 8.20. The molecular formula is C9H19KO. The Hall–Kier alpha value is 1.60. The maximum absolute atomic E-state index is 10.7. The average molecular weight is 182 g/mol. The van der Waals surface area contributed by atoms with Gasteiger partial charge in [0.15, 0.2) is 0 Å². The van der Waals surface area contributed by atoms with Gasteiger partial charge in [-0.05, 0) is 11.3 Å². The van der Waals surface area contributed by atoms with Crippen LogP contribution in [0.15, 0.2) is 0 Å². The molecule has 0 spiro atoms. The van der Waals surface area contributed by atoms with E-state index in [1.807, 2.05) is 0 Å². The summed E-state index contributed by atoms with van der Waals surface area (Å²) in [5, 5.41) is 10.7. The fraction of sp³-hybridized carbons (Fsp3) is 1.00. The minimum absolute atomic E-state index is 0. The van der Waals surface area contributed by atoms with Crippen LogP contribution in [-0.2, 0) is 0 Å². The van der Waals surface area contributed by atoms with Crippen molar-refractivity contribution in [3.63, 3.8) is 0 Å². The molecule has 0 heterocycles. The fourth-order valence-corrected chi connectivity index (χ4v) is 1.51. The van der Waals surface area contributed by atoms with E-state index in [-0.39, 0.29) is 63.4 Å². The van der Waals surface area contributed by atoms with E-state index in [0.29, 0.717) is 5.92 Å². The second-order valence-corrected chi connectivity index (χ2v) is 3.65. The molecule has 0 unspecified atom stereocenters. The molecule has 0 N–H and O–H groups in total. The molecule has 0 aliphatic heterocycles. The van der Waals surface area contributed by atoms with Gasteiger partial charge >= 0.3 is 51.4 Å². The predicted molar refractivity (Wildman–Crippen MR) is 42.7 cm³/mol.